The Hall–Kier alpha value is -3.51. The van der Waals surface area contributed by atoms with Crippen molar-refractivity contribution in [3.63, 3.8) is 0 Å². The lowest BCUT2D eigenvalue weighted by Crippen LogP contribution is -2.58. The van der Waals surface area contributed by atoms with E-state index < -0.39 is 12.0 Å². The number of fused-ring (bicyclic) bond motifs is 1. The van der Waals surface area contributed by atoms with Crippen molar-refractivity contribution in [2.24, 2.45) is 0 Å². The number of pyridine rings is 1. The molecule has 2 aliphatic heterocycles. The van der Waals surface area contributed by atoms with Gasteiger partial charge in [-0.1, -0.05) is 6.07 Å². The Labute approximate surface area is 248 Å². The molecule has 230 valence electrons. The fraction of sp³-hybridized carbons (Fsp3) is 0.633. The van der Waals surface area contributed by atoms with E-state index in [1.165, 1.54) is 5.56 Å². The number of aryl methyl sites for hydroxylation is 3. The minimum atomic E-state index is -1.04. The monoisotopic (exact) mass is 583 g/mol. The van der Waals surface area contributed by atoms with Gasteiger partial charge in [-0.2, -0.15) is 0 Å². The molecule has 1 saturated heterocycles. The maximum absolute atomic E-state index is 13.0. The topological polar surface area (TPSA) is 142 Å². The number of carboxylic acids is 1. The zero-order valence-electron chi connectivity index (χ0n) is 25.1. The predicted octanol–water partition coefficient (Wildman–Crippen LogP) is 2.90. The molecule has 0 aromatic carbocycles. The molecule has 4 heterocycles. The van der Waals surface area contributed by atoms with E-state index in [-0.39, 0.29) is 24.5 Å². The Balaban J connectivity index is 1.30. The van der Waals surface area contributed by atoms with Crippen molar-refractivity contribution >= 4 is 17.8 Å². The lowest BCUT2D eigenvalue weighted by Gasteiger charge is -2.39. The SMILES string of the molecule is Cc1ncc(OCCN(CCCCc2ccc3c(n2)NCCC3)CCC(NC(=O)N2C(C)COCC2C)C(=O)O)cn1. The lowest BCUT2D eigenvalue weighted by molar-refractivity contribution is -0.139. The molecule has 0 radical (unpaired) electrons. The van der Waals surface area contributed by atoms with Crippen LogP contribution in [-0.2, 0) is 22.4 Å². The summed E-state index contributed by atoms with van der Waals surface area (Å²) in [6.07, 6.45) is 8.55. The van der Waals surface area contributed by atoms with Crippen LogP contribution in [0, 0.1) is 6.92 Å². The van der Waals surface area contributed by atoms with Crippen LogP contribution in [-0.4, -0.2) is 106 Å². The molecular weight excluding hydrogens is 538 g/mol. The fourth-order valence-corrected chi connectivity index (χ4v) is 5.43. The molecular formula is C30H45N7O5. The van der Waals surface area contributed by atoms with Crippen LogP contribution in [0.2, 0.25) is 0 Å². The number of nitrogens with one attached hydrogen (secondary N) is 2. The molecule has 42 heavy (non-hydrogen) atoms. The quantitative estimate of drug-likeness (QED) is 0.284. The summed E-state index contributed by atoms with van der Waals surface area (Å²) < 4.78 is 11.4. The van der Waals surface area contributed by atoms with E-state index in [0.717, 1.165) is 56.7 Å². The van der Waals surface area contributed by atoms with Crippen LogP contribution in [0.5, 0.6) is 5.75 Å². The number of urea groups is 1. The van der Waals surface area contributed by atoms with Gasteiger partial charge in [-0.05, 0) is 77.5 Å². The first-order valence-electron chi connectivity index (χ1n) is 15.1. The maximum atomic E-state index is 13.0. The van der Waals surface area contributed by atoms with E-state index >= 15 is 0 Å². The molecule has 2 aromatic rings. The van der Waals surface area contributed by atoms with E-state index in [9.17, 15) is 14.7 Å². The highest BCUT2D eigenvalue weighted by molar-refractivity contribution is 5.83. The van der Waals surface area contributed by atoms with Crippen molar-refractivity contribution in [2.45, 2.75) is 77.4 Å². The number of unbranched alkanes of at least 4 members (excludes halogenated alkanes) is 1. The third-order valence-electron chi connectivity index (χ3n) is 7.77. The number of anilines is 1. The summed E-state index contributed by atoms with van der Waals surface area (Å²) >= 11 is 0. The standard InChI is InChI=1S/C30H45N7O5/c1-21-19-41-20-22(2)37(21)30(40)35-27(29(38)39)11-14-36(15-16-42-26-17-32-23(3)33-18-26)13-5-4-8-25-10-9-24-7-6-12-31-28(24)34-25/h9-10,17-18,21-22,27H,4-8,11-16,19-20H2,1-3H3,(H,31,34)(H,35,40)(H,38,39). The summed E-state index contributed by atoms with van der Waals surface area (Å²) in [5.74, 6) is 1.24. The molecule has 3 unspecified atom stereocenters. The Morgan fingerprint density at radius 1 is 1.17 bits per heavy atom. The maximum Gasteiger partial charge on any atom is 0.326 e. The molecule has 3 atom stereocenters. The molecule has 0 aliphatic carbocycles. The van der Waals surface area contributed by atoms with E-state index in [0.29, 0.717) is 44.5 Å². The highest BCUT2D eigenvalue weighted by atomic mass is 16.5. The van der Waals surface area contributed by atoms with Gasteiger partial charge in [-0.15, -0.1) is 0 Å². The molecule has 12 nitrogen and oxygen atoms in total. The highest BCUT2D eigenvalue weighted by Crippen LogP contribution is 2.20. The Bertz CT molecular complexity index is 1160. The van der Waals surface area contributed by atoms with Gasteiger partial charge in [0.15, 0.2) is 5.75 Å². The van der Waals surface area contributed by atoms with Crippen molar-refractivity contribution < 1.29 is 24.2 Å². The third kappa shape index (κ3) is 9.25. The Morgan fingerprint density at radius 2 is 1.93 bits per heavy atom. The number of hydrogen-bond acceptors (Lipinski definition) is 9. The zero-order chi connectivity index (χ0) is 29.9. The van der Waals surface area contributed by atoms with Crippen LogP contribution in [0.4, 0.5) is 10.6 Å². The Kier molecular flexibility index (Phi) is 11.7. The molecule has 0 bridgehead atoms. The average molecular weight is 584 g/mol. The number of rotatable bonds is 14. The normalized spacial score (nSPS) is 19.1. The van der Waals surface area contributed by atoms with Gasteiger partial charge in [0.1, 0.15) is 24.3 Å². The van der Waals surface area contributed by atoms with Gasteiger partial charge >= 0.3 is 12.0 Å². The van der Waals surface area contributed by atoms with E-state index in [2.05, 4.69) is 37.6 Å². The second-order valence-corrected chi connectivity index (χ2v) is 11.2. The number of morpholine rings is 1. The molecule has 2 amide bonds. The van der Waals surface area contributed by atoms with Crippen LogP contribution in [0.3, 0.4) is 0 Å². The van der Waals surface area contributed by atoms with Crippen molar-refractivity contribution in [2.75, 3.05) is 51.3 Å². The first-order chi connectivity index (χ1) is 20.3. The first-order valence-corrected chi connectivity index (χ1v) is 15.1. The minimum absolute atomic E-state index is 0.122. The predicted molar refractivity (Wildman–Crippen MR) is 159 cm³/mol. The first kappa shape index (κ1) is 31.4. The molecule has 0 spiro atoms. The molecule has 0 saturated carbocycles. The number of carboxylic acid groups (broad SMARTS) is 1. The number of ether oxygens (including phenoxy) is 2. The number of carbonyl (C=O) groups excluding carboxylic acids is 1. The summed E-state index contributed by atoms with van der Waals surface area (Å²) in [4.78, 5) is 42.1. The van der Waals surface area contributed by atoms with E-state index in [1.807, 2.05) is 20.8 Å². The van der Waals surface area contributed by atoms with Gasteiger partial charge in [-0.25, -0.2) is 24.5 Å². The molecule has 1 fully saturated rings. The second-order valence-electron chi connectivity index (χ2n) is 11.2. The summed E-state index contributed by atoms with van der Waals surface area (Å²) in [5.41, 5.74) is 2.37. The van der Waals surface area contributed by atoms with Gasteiger partial charge in [-0.3, -0.25) is 4.90 Å². The number of hydrogen-bond donors (Lipinski definition) is 3. The largest absolute Gasteiger partial charge is 0.489 e. The summed E-state index contributed by atoms with van der Waals surface area (Å²) in [6.45, 7) is 9.76. The van der Waals surface area contributed by atoms with E-state index in [4.69, 9.17) is 14.5 Å². The van der Waals surface area contributed by atoms with Crippen LogP contribution in [0.25, 0.3) is 0 Å². The highest BCUT2D eigenvalue weighted by Gasteiger charge is 2.32. The molecule has 2 aromatic heterocycles. The minimum Gasteiger partial charge on any atom is -0.489 e. The third-order valence-corrected chi connectivity index (χ3v) is 7.77. The smallest absolute Gasteiger partial charge is 0.326 e. The number of aromatic nitrogens is 3. The molecule has 2 aliphatic rings. The van der Waals surface area contributed by atoms with Crippen molar-refractivity contribution in [3.05, 3.63) is 41.6 Å². The van der Waals surface area contributed by atoms with Crippen LogP contribution < -0.4 is 15.4 Å². The number of carbonyl (C=O) groups is 2. The van der Waals surface area contributed by atoms with E-state index in [1.54, 1.807) is 17.3 Å². The van der Waals surface area contributed by atoms with Crippen molar-refractivity contribution in [1.29, 1.82) is 0 Å². The van der Waals surface area contributed by atoms with Crippen molar-refractivity contribution in [3.8, 4) is 5.75 Å². The van der Waals surface area contributed by atoms with Crippen molar-refractivity contribution in [1.82, 2.24) is 30.1 Å². The van der Waals surface area contributed by atoms with Crippen LogP contribution in [0.1, 0.15) is 56.6 Å². The summed E-state index contributed by atoms with van der Waals surface area (Å²) in [6, 6.07) is 2.69. The second kappa shape index (κ2) is 15.6. The fourth-order valence-electron chi connectivity index (χ4n) is 5.43. The molecule has 12 heteroatoms. The van der Waals surface area contributed by atoms with Gasteiger partial charge in [0.25, 0.3) is 0 Å². The van der Waals surface area contributed by atoms with Gasteiger partial charge in [0.2, 0.25) is 0 Å². The summed E-state index contributed by atoms with van der Waals surface area (Å²) in [5, 5.41) is 16.1. The zero-order valence-corrected chi connectivity index (χ0v) is 25.1. The molecule has 4 rings (SSSR count). The van der Waals surface area contributed by atoms with Crippen LogP contribution >= 0.6 is 0 Å². The number of amides is 2. The van der Waals surface area contributed by atoms with Gasteiger partial charge in [0.05, 0.1) is 37.7 Å². The summed E-state index contributed by atoms with van der Waals surface area (Å²) in [7, 11) is 0. The van der Waals surface area contributed by atoms with Gasteiger partial charge in [0, 0.05) is 25.3 Å². The number of aliphatic carboxylic acids is 1. The van der Waals surface area contributed by atoms with Crippen LogP contribution in [0.15, 0.2) is 24.5 Å². The Morgan fingerprint density at radius 3 is 2.67 bits per heavy atom. The number of nitrogens with zero attached hydrogens (tertiary/aromatic N) is 5. The molecule has 3 N–H and O–H groups in total. The lowest BCUT2D eigenvalue weighted by atomic mass is 10.1. The average Bonchev–Trinajstić information content (AvgIpc) is 2.97. The van der Waals surface area contributed by atoms with Gasteiger partial charge < -0.3 is 30.1 Å².